The van der Waals surface area contributed by atoms with Gasteiger partial charge in [-0.25, -0.2) is 4.39 Å². The number of benzene rings is 1. The summed E-state index contributed by atoms with van der Waals surface area (Å²) in [6.07, 6.45) is 1.62. The van der Waals surface area contributed by atoms with Crippen LogP contribution in [0.15, 0.2) is 36.5 Å². The molecule has 2 aromatic rings. The van der Waals surface area contributed by atoms with Crippen molar-refractivity contribution < 1.29 is 13.9 Å². The quantitative estimate of drug-likeness (QED) is 0.785. The molecule has 0 aliphatic rings. The fraction of sp³-hybridized carbons (Fsp3) is 0.214. The molecule has 0 N–H and O–H groups in total. The first-order valence-corrected chi connectivity index (χ1v) is 6.82. The van der Waals surface area contributed by atoms with Crippen molar-refractivity contribution in [1.82, 2.24) is 4.98 Å². The Kier molecular flexibility index (Phi) is 4.74. The van der Waals surface area contributed by atoms with Crippen molar-refractivity contribution in [2.45, 2.75) is 11.9 Å². The lowest BCUT2D eigenvalue weighted by Crippen LogP contribution is -2.00. The molecule has 0 radical (unpaired) electrons. The van der Waals surface area contributed by atoms with E-state index >= 15 is 0 Å². The molecule has 1 heterocycles. The Hall–Kier alpha value is -1.62. The molecule has 1 aromatic heterocycles. The highest BCUT2D eigenvalue weighted by Crippen LogP contribution is 2.21. The number of alkyl halides is 1. The third-order valence-electron chi connectivity index (χ3n) is 2.59. The van der Waals surface area contributed by atoms with Gasteiger partial charge < -0.3 is 9.47 Å². The molecule has 5 heteroatoms. The average Bonchev–Trinajstić information content (AvgIpc) is 2.47. The van der Waals surface area contributed by atoms with Crippen LogP contribution >= 0.6 is 15.9 Å². The molecular formula is C14H13BrFNO2. The first-order valence-electron chi connectivity index (χ1n) is 5.69. The molecule has 0 saturated heterocycles. The van der Waals surface area contributed by atoms with E-state index in [2.05, 4.69) is 20.9 Å². The van der Waals surface area contributed by atoms with Crippen molar-refractivity contribution in [3.8, 4) is 11.5 Å². The average molecular weight is 326 g/mol. The van der Waals surface area contributed by atoms with E-state index in [9.17, 15) is 4.39 Å². The lowest BCUT2D eigenvalue weighted by molar-refractivity contribution is 0.294. The summed E-state index contributed by atoms with van der Waals surface area (Å²) in [5.41, 5.74) is 1.36. The zero-order chi connectivity index (χ0) is 13.7. The van der Waals surface area contributed by atoms with Crippen LogP contribution in [0.3, 0.4) is 0 Å². The highest BCUT2D eigenvalue weighted by molar-refractivity contribution is 9.08. The van der Waals surface area contributed by atoms with E-state index in [0.717, 1.165) is 5.69 Å². The highest BCUT2D eigenvalue weighted by atomic mass is 79.9. The molecule has 100 valence electrons. The lowest BCUT2D eigenvalue weighted by atomic mass is 10.2. The first kappa shape index (κ1) is 13.8. The van der Waals surface area contributed by atoms with Gasteiger partial charge in [0.15, 0.2) is 11.6 Å². The van der Waals surface area contributed by atoms with Crippen LogP contribution in [0, 0.1) is 5.82 Å². The van der Waals surface area contributed by atoms with Gasteiger partial charge in [0.2, 0.25) is 0 Å². The molecule has 0 bridgehead atoms. The summed E-state index contributed by atoms with van der Waals surface area (Å²) in [5.74, 6) is 0.427. The van der Waals surface area contributed by atoms with Gasteiger partial charge in [0.1, 0.15) is 12.4 Å². The van der Waals surface area contributed by atoms with Crippen LogP contribution in [0.5, 0.6) is 11.5 Å². The molecule has 0 spiro atoms. The first-order chi connectivity index (χ1) is 9.24. The number of pyridine rings is 1. The number of hydrogen-bond donors (Lipinski definition) is 0. The standard InChI is InChI=1S/C14H13BrFNO2/c1-18-13-4-2-3-10(14(13)16)9-19-12-6-5-11(7-15)17-8-12/h2-6,8H,7,9H2,1H3. The Balaban J connectivity index is 2.05. The molecule has 2 rings (SSSR count). The van der Waals surface area contributed by atoms with Crippen molar-refractivity contribution in [1.29, 1.82) is 0 Å². The number of nitrogens with zero attached hydrogens (tertiary/aromatic N) is 1. The van der Waals surface area contributed by atoms with Crippen molar-refractivity contribution in [2.75, 3.05) is 7.11 Å². The molecule has 0 unspecified atom stereocenters. The summed E-state index contributed by atoms with van der Waals surface area (Å²) in [6.45, 7) is 0.137. The number of ether oxygens (including phenoxy) is 2. The van der Waals surface area contributed by atoms with E-state index in [0.29, 0.717) is 16.6 Å². The van der Waals surface area contributed by atoms with Crippen molar-refractivity contribution >= 4 is 15.9 Å². The summed E-state index contributed by atoms with van der Waals surface area (Å²) >= 11 is 3.32. The number of halogens is 2. The second-order valence-electron chi connectivity index (χ2n) is 3.84. The molecule has 3 nitrogen and oxygen atoms in total. The van der Waals surface area contributed by atoms with Gasteiger partial charge in [-0.3, -0.25) is 4.98 Å². The second-order valence-corrected chi connectivity index (χ2v) is 4.40. The molecular weight excluding hydrogens is 313 g/mol. The highest BCUT2D eigenvalue weighted by Gasteiger charge is 2.08. The Morgan fingerprint density at radius 2 is 2.11 bits per heavy atom. The maximum Gasteiger partial charge on any atom is 0.171 e. The van der Waals surface area contributed by atoms with Gasteiger partial charge >= 0.3 is 0 Å². The van der Waals surface area contributed by atoms with E-state index in [-0.39, 0.29) is 12.4 Å². The Morgan fingerprint density at radius 3 is 2.74 bits per heavy atom. The lowest BCUT2D eigenvalue weighted by Gasteiger charge is -2.09. The number of hydrogen-bond acceptors (Lipinski definition) is 3. The summed E-state index contributed by atoms with van der Waals surface area (Å²) in [4.78, 5) is 4.18. The second kappa shape index (κ2) is 6.52. The number of aromatic nitrogens is 1. The van der Waals surface area contributed by atoms with Crippen LogP contribution in [-0.2, 0) is 11.9 Å². The monoisotopic (exact) mass is 325 g/mol. The van der Waals surface area contributed by atoms with Gasteiger partial charge in [-0.1, -0.05) is 28.1 Å². The Bertz CT molecular complexity index is 546. The van der Waals surface area contributed by atoms with E-state index in [1.807, 2.05) is 12.1 Å². The molecule has 0 aliphatic carbocycles. The van der Waals surface area contributed by atoms with Gasteiger partial charge in [0.25, 0.3) is 0 Å². The zero-order valence-corrected chi connectivity index (χ0v) is 12.0. The van der Waals surface area contributed by atoms with Crippen molar-refractivity contribution in [3.05, 3.63) is 53.6 Å². The molecule has 1 aromatic carbocycles. The van der Waals surface area contributed by atoms with Crippen molar-refractivity contribution in [3.63, 3.8) is 0 Å². The minimum atomic E-state index is -0.393. The van der Waals surface area contributed by atoms with Gasteiger partial charge in [-0.2, -0.15) is 0 Å². The predicted octanol–water partition coefficient (Wildman–Crippen LogP) is 3.70. The molecule has 0 fully saturated rings. The minimum Gasteiger partial charge on any atom is -0.494 e. The smallest absolute Gasteiger partial charge is 0.171 e. The molecule has 0 amide bonds. The van der Waals surface area contributed by atoms with Gasteiger partial charge in [0, 0.05) is 10.9 Å². The van der Waals surface area contributed by atoms with Crippen LogP contribution in [0.4, 0.5) is 4.39 Å². The summed E-state index contributed by atoms with van der Waals surface area (Å²) in [6, 6.07) is 8.63. The third-order valence-corrected chi connectivity index (χ3v) is 3.17. The normalized spacial score (nSPS) is 10.3. The van der Waals surface area contributed by atoms with Crippen molar-refractivity contribution in [2.24, 2.45) is 0 Å². The van der Waals surface area contributed by atoms with Gasteiger partial charge in [-0.05, 0) is 18.2 Å². The summed E-state index contributed by atoms with van der Waals surface area (Å²) < 4.78 is 24.3. The minimum absolute atomic E-state index is 0.137. The third kappa shape index (κ3) is 3.44. The van der Waals surface area contributed by atoms with Crippen LogP contribution in [-0.4, -0.2) is 12.1 Å². The fourth-order valence-electron chi connectivity index (χ4n) is 1.56. The molecule has 19 heavy (non-hydrogen) atoms. The Morgan fingerprint density at radius 1 is 1.26 bits per heavy atom. The summed E-state index contributed by atoms with van der Waals surface area (Å²) in [5, 5.41) is 0.692. The fourth-order valence-corrected chi connectivity index (χ4v) is 1.89. The van der Waals surface area contributed by atoms with Gasteiger partial charge in [-0.15, -0.1) is 0 Å². The molecule has 0 saturated carbocycles. The number of methoxy groups -OCH3 is 1. The summed E-state index contributed by atoms with van der Waals surface area (Å²) in [7, 11) is 1.44. The molecule has 0 aliphatic heterocycles. The molecule has 0 atom stereocenters. The SMILES string of the molecule is COc1cccc(COc2ccc(CBr)nc2)c1F. The number of rotatable bonds is 5. The maximum atomic E-state index is 13.9. The van der Waals surface area contributed by atoms with E-state index in [1.54, 1.807) is 24.4 Å². The van der Waals surface area contributed by atoms with E-state index in [4.69, 9.17) is 9.47 Å². The predicted molar refractivity (Wildman–Crippen MR) is 74.2 cm³/mol. The maximum absolute atomic E-state index is 13.9. The van der Waals surface area contributed by atoms with Crippen LogP contribution < -0.4 is 9.47 Å². The van der Waals surface area contributed by atoms with Crippen LogP contribution in [0.2, 0.25) is 0 Å². The Labute approximate surface area is 119 Å². The van der Waals surface area contributed by atoms with E-state index < -0.39 is 5.82 Å². The largest absolute Gasteiger partial charge is 0.494 e. The van der Waals surface area contributed by atoms with Gasteiger partial charge in [0.05, 0.1) is 19.0 Å². The van der Waals surface area contributed by atoms with Crippen LogP contribution in [0.1, 0.15) is 11.3 Å². The zero-order valence-electron chi connectivity index (χ0n) is 10.4. The van der Waals surface area contributed by atoms with E-state index in [1.165, 1.54) is 7.11 Å². The van der Waals surface area contributed by atoms with Crippen LogP contribution in [0.25, 0.3) is 0 Å². The topological polar surface area (TPSA) is 31.4 Å².